The van der Waals surface area contributed by atoms with E-state index < -0.39 is 0 Å². The van der Waals surface area contributed by atoms with Gasteiger partial charge in [0.25, 0.3) is 0 Å². The predicted octanol–water partition coefficient (Wildman–Crippen LogP) is 2.83. The van der Waals surface area contributed by atoms with Gasteiger partial charge in [0.2, 0.25) is 5.95 Å². The monoisotopic (exact) mass is 313 g/mol. The molecule has 1 aromatic carbocycles. The van der Waals surface area contributed by atoms with Crippen molar-refractivity contribution in [1.29, 1.82) is 0 Å². The topological polar surface area (TPSA) is 54.8 Å². The van der Waals surface area contributed by atoms with Gasteiger partial charge in [0.15, 0.2) is 5.82 Å². The number of hydrogen-bond donors (Lipinski definition) is 0. The summed E-state index contributed by atoms with van der Waals surface area (Å²) in [5, 5.41) is 0. The Morgan fingerprint density at radius 2 is 1.67 bits per heavy atom. The molecule has 0 bridgehead atoms. The van der Waals surface area contributed by atoms with Gasteiger partial charge >= 0.3 is 0 Å². The van der Waals surface area contributed by atoms with Crippen LogP contribution in [0.5, 0.6) is 0 Å². The molecule has 5 heteroatoms. The predicted molar refractivity (Wildman–Crippen MR) is 91.9 cm³/mol. The first-order valence-electron chi connectivity index (χ1n) is 7.74. The van der Waals surface area contributed by atoms with E-state index in [-0.39, 0.29) is 0 Å². The van der Waals surface area contributed by atoms with Crippen LogP contribution in [0.3, 0.4) is 0 Å². The first-order chi connectivity index (χ1) is 11.8. The number of anilines is 1. The molecule has 4 rings (SSSR count). The van der Waals surface area contributed by atoms with Crippen LogP contribution < -0.4 is 4.90 Å². The Bertz CT molecular complexity index is 930. The normalized spacial score (nSPS) is 12.5. The molecule has 5 nitrogen and oxygen atoms in total. The highest BCUT2D eigenvalue weighted by atomic mass is 15.3. The van der Waals surface area contributed by atoms with Gasteiger partial charge in [0.1, 0.15) is 11.4 Å². The average molecular weight is 313 g/mol. The lowest BCUT2D eigenvalue weighted by Gasteiger charge is -2.15. The van der Waals surface area contributed by atoms with Gasteiger partial charge in [-0.2, -0.15) is 0 Å². The molecule has 2 aromatic heterocycles. The first kappa shape index (κ1) is 14.3. The van der Waals surface area contributed by atoms with Gasteiger partial charge < -0.3 is 4.90 Å². The van der Waals surface area contributed by atoms with Crippen molar-refractivity contribution in [3.8, 4) is 23.4 Å². The minimum absolute atomic E-state index is 0.565. The lowest BCUT2D eigenvalue weighted by molar-refractivity contribution is 0.828. The third-order valence-corrected chi connectivity index (χ3v) is 3.90. The molecule has 0 saturated heterocycles. The number of fused-ring (bicyclic) bond motifs is 1. The van der Waals surface area contributed by atoms with E-state index >= 15 is 0 Å². The van der Waals surface area contributed by atoms with Crippen LogP contribution in [-0.4, -0.2) is 19.9 Å². The van der Waals surface area contributed by atoms with Gasteiger partial charge in [-0.1, -0.05) is 30.2 Å². The Labute approximate surface area is 140 Å². The van der Waals surface area contributed by atoms with Crippen LogP contribution in [0.2, 0.25) is 0 Å². The van der Waals surface area contributed by atoms with E-state index in [1.165, 1.54) is 11.1 Å². The first-order valence-corrected chi connectivity index (χ1v) is 7.74. The molecule has 3 aromatic rings. The van der Waals surface area contributed by atoms with Crippen molar-refractivity contribution in [3.63, 3.8) is 0 Å². The number of rotatable bonds is 2. The van der Waals surface area contributed by atoms with Gasteiger partial charge in [0.05, 0.1) is 0 Å². The van der Waals surface area contributed by atoms with E-state index in [4.69, 9.17) is 0 Å². The van der Waals surface area contributed by atoms with E-state index in [1.54, 1.807) is 25.4 Å². The molecule has 0 spiro atoms. The zero-order valence-electron chi connectivity index (χ0n) is 13.3. The highest BCUT2D eigenvalue weighted by molar-refractivity contribution is 5.53. The van der Waals surface area contributed by atoms with E-state index in [0.29, 0.717) is 23.2 Å². The summed E-state index contributed by atoms with van der Waals surface area (Å²) in [5.41, 5.74) is 4.04. The molecule has 24 heavy (non-hydrogen) atoms. The second kappa shape index (κ2) is 6.09. The van der Waals surface area contributed by atoms with E-state index in [2.05, 4.69) is 60.9 Å². The zero-order chi connectivity index (χ0) is 16.4. The van der Waals surface area contributed by atoms with Gasteiger partial charge in [0, 0.05) is 25.5 Å². The lowest BCUT2D eigenvalue weighted by Crippen LogP contribution is -2.17. The van der Waals surface area contributed by atoms with Crippen molar-refractivity contribution in [2.75, 3.05) is 4.90 Å². The summed E-state index contributed by atoms with van der Waals surface area (Å²) in [6, 6.07) is 12.0. The Morgan fingerprint density at radius 3 is 2.42 bits per heavy atom. The van der Waals surface area contributed by atoms with Crippen LogP contribution in [0.1, 0.15) is 23.7 Å². The van der Waals surface area contributed by atoms with Crippen molar-refractivity contribution in [2.45, 2.75) is 20.0 Å². The fourth-order valence-electron chi connectivity index (χ4n) is 2.78. The number of hydrogen-bond acceptors (Lipinski definition) is 5. The Morgan fingerprint density at radius 1 is 0.917 bits per heavy atom. The molecular formula is C19H15N5. The quantitative estimate of drug-likeness (QED) is 0.681. The lowest BCUT2D eigenvalue weighted by atomic mass is 10.1. The van der Waals surface area contributed by atoms with Crippen molar-refractivity contribution in [2.24, 2.45) is 0 Å². The fraction of sp³-hybridized carbons (Fsp3) is 0.158. The third-order valence-electron chi connectivity index (χ3n) is 3.90. The van der Waals surface area contributed by atoms with E-state index in [0.717, 1.165) is 13.1 Å². The summed E-state index contributed by atoms with van der Waals surface area (Å²) in [7, 11) is 0. The Balaban J connectivity index is 1.65. The van der Waals surface area contributed by atoms with Gasteiger partial charge in [-0.15, -0.1) is 0 Å². The molecule has 1 aliphatic rings. The van der Waals surface area contributed by atoms with Crippen LogP contribution >= 0.6 is 0 Å². The van der Waals surface area contributed by atoms with Crippen molar-refractivity contribution >= 4 is 5.95 Å². The number of nitrogens with zero attached hydrogens (tertiary/aromatic N) is 5. The van der Waals surface area contributed by atoms with Crippen LogP contribution in [0.15, 0.2) is 48.8 Å². The van der Waals surface area contributed by atoms with Crippen LogP contribution in [0, 0.1) is 11.8 Å². The third kappa shape index (κ3) is 2.70. The summed E-state index contributed by atoms with van der Waals surface area (Å²) < 4.78 is 0. The van der Waals surface area contributed by atoms with Crippen LogP contribution in [-0.2, 0) is 13.1 Å². The average Bonchev–Trinajstić information content (AvgIpc) is 3.07. The van der Waals surface area contributed by atoms with Crippen LogP contribution in [0.4, 0.5) is 5.95 Å². The Hall–Kier alpha value is -3.26. The molecule has 0 saturated carbocycles. The van der Waals surface area contributed by atoms with Crippen molar-refractivity contribution in [1.82, 2.24) is 19.9 Å². The fourth-order valence-corrected chi connectivity index (χ4v) is 2.78. The molecule has 0 aliphatic carbocycles. The zero-order valence-corrected chi connectivity index (χ0v) is 13.3. The maximum atomic E-state index is 4.65. The molecular weight excluding hydrogens is 298 g/mol. The van der Waals surface area contributed by atoms with Gasteiger partial charge in [-0.25, -0.2) is 19.9 Å². The minimum atomic E-state index is 0.565. The summed E-state index contributed by atoms with van der Waals surface area (Å²) in [5.74, 6) is 7.05. The van der Waals surface area contributed by atoms with E-state index in [1.807, 2.05) is 6.07 Å². The van der Waals surface area contributed by atoms with Gasteiger partial charge in [-0.3, -0.25) is 0 Å². The molecule has 0 unspecified atom stereocenters. The molecule has 116 valence electrons. The van der Waals surface area contributed by atoms with Crippen LogP contribution in [0.25, 0.3) is 11.5 Å². The number of aromatic nitrogens is 4. The molecule has 0 radical (unpaired) electrons. The van der Waals surface area contributed by atoms with E-state index in [9.17, 15) is 0 Å². The summed E-state index contributed by atoms with van der Waals surface area (Å²) in [4.78, 5) is 20.0. The Kier molecular flexibility index (Phi) is 3.64. The summed E-state index contributed by atoms with van der Waals surface area (Å²) in [6.45, 7) is 3.43. The molecule has 0 atom stereocenters. The highest BCUT2D eigenvalue weighted by Gasteiger charge is 2.21. The SMILES string of the molecule is CC#Cc1ccnc(-c2ccnc(N3Cc4ccccc4C3)n2)n1. The highest BCUT2D eigenvalue weighted by Crippen LogP contribution is 2.26. The molecule has 1 aliphatic heterocycles. The maximum Gasteiger partial charge on any atom is 0.226 e. The maximum absolute atomic E-state index is 4.65. The largest absolute Gasteiger partial charge is 0.332 e. The van der Waals surface area contributed by atoms with Crippen molar-refractivity contribution < 1.29 is 0 Å². The second-order valence-electron chi connectivity index (χ2n) is 5.51. The number of benzene rings is 1. The smallest absolute Gasteiger partial charge is 0.226 e. The summed E-state index contributed by atoms with van der Waals surface area (Å²) in [6.07, 6.45) is 3.46. The molecule has 0 N–H and O–H groups in total. The molecule has 0 fully saturated rings. The summed E-state index contributed by atoms with van der Waals surface area (Å²) >= 11 is 0. The second-order valence-corrected chi connectivity index (χ2v) is 5.51. The van der Waals surface area contributed by atoms with Crippen molar-refractivity contribution in [3.05, 3.63) is 65.6 Å². The molecule has 3 heterocycles. The minimum Gasteiger partial charge on any atom is -0.332 e. The standard InChI is InChI=1S/C19H15N5/c1-2-5-16-8-10-20-18(22-16)17-9-11-21-19(23-17)24-12-14-6-3-4-7-15(14)13-24/h3-4,6-11H,12-13H2,1H3. The molecule has 0 amide bonds. The van der Waals surface area contributed by atoms with Gasteiger partial charge in [-0.05, 0) is 36.1 Å².